The molecule has 39 heavy (non-hydrogen) atoms. The van der Waals surface area contributed by atoms with Gasteiger partial charge in [0.1, 0.15) is 30.3 Å². The van der Waals surface area contributed by atoms with Crippen LogP contribution in [0.5, 0.6) is 0 Å². The van der Waals surface area contributed by atoms with Crippen LogP contribution >= 0.6 is 34.8 Å². The van der Waals surface area contributed by atoms with Gasteiger partial charge < -0.3 is 20.1 Å². The van der Waals surface area contributed by atoms with Gasteiger partial charge in [0.05, 0.1) is 0 Å². The van der Waals surface area contributed by atoms with Crippen molar-refractivity contribution in [2.45, 2.75) is 81.4 Å². The van der Waals surface area contributed by atoms with Crippen LogP contribution < -0.4 is 16.1 Å². The number of halogens is 3. The summed E-state index contributed by atoms with van der Waals surface area (Å²) < 4.78 is 8.61. The summed E-state index contributed by atoms with van der Waals surface area (Å²) in [5, 5.41) is 6.69. The summed E-state index contributed by atoms with van der Waals surface area (Å²) in [6.45, 7) is 8.58. The largest absolute Gasteiger partial charge is 0.460 e. The van der Waals surface area contributed by atoms with Crippen LogP contribution in [0.25, 0.3) is 0 Å². The molecule has 1 aliphatic heterocycles. The summed E-state index contributed by atoms with van der Waals surface area (Å²) in [7, 11) is 0. The Balaban J connectivity index is 2.19. The van der Waals surface area contributed by atoms with Crippen LogP contribution in [-0.4, -0.2) is 69.6 Å². The molecule has 3 N–H and O–H groups in total. The topological polar surface area (TPSA) is 126 Å². The Morgan fingerprint density at radius 3 is 2.28 bits per heavy atom. The summed E-state index contributed by atoms with van der Waals surface area (Å²) in [5.41, 5.74) is 2.94. The minimum Gasteiger partial charge on any atom is -0.460 e. The Labute approximate surface area is 244 Å². The minimum atomic E-state index is -1.76. The van der Waals surface area contributed by atoms with Gasteiger partial charge in [-0.1, -0.05) is 79.0 Å². The van der Waals surface area contributed by atoms with Crippen LogP contribution in [0, 0.1) is 5.92 Å². The number of hydrazine groups is 1. The number of ether oxygens (including phenoxy) is 2. The van der Waals surface area contributed by atoms with Crippen molar-refractivity contribution < 1.29 is 28.7 Å². The molecular weight excluding hydrogens is 571 g/mol. The number of benzene rings is 1. The molecule has 1 aliphatic rings. The first-order chi connectivity index (χ1) is 18.1. The lowest BCUT2D eigenvalue weighted by atomic mass is 10.0. The van der Waals surface area contributed by atoms with Gasteiger partial charge in [-0.15, -0.1) is 0 Å². The lowest BCUT2D eigenvalue weighted by Crippen LogP contribution is -2.62. The van der Waals surface area contributed by atoms with E-state index in [0.717, 1.165) is 5.56 Å². The minimum absolute atomic E-state index is 0.184. The highest BCUT2D eigenvalue weighted by molar-refractivity contribution is 6.67. The number of esters is 1. The van der Waals surface area contributed by atoms with E-state index < -0.39 is 58.0 Å². The van der Waals surface area contributed by atoms with E-state index in [9.17, 15) is 19.2 Å². The third-order valence-corrected chi connectivity index (χ3v) is 5.96. The van der Waals surface area contributed by atoms with E-state index in [1.165, 1.54) is 5.01 Å². The van der Waals surface area contributed by atoms with Crippen LogP contribution in [-0.2, 0) is 30.3 Å². The van der Waals surface area contributed by atoms with Crippen LogP contribution in [0.3, 0.4) is 0 Å². The van der Waals surface area contributed by atoms with Gasteiger partial charge >= 0.3 is 12.1 Å². The number of amides is 3. The number of rotatable bonds is 9. The van der Waals surface area contributed by atoms with Crippen molar-refractivity contribution in [1.82, 2.24) is 21.1 Å². The zero-order valence-electron chi connectivity index (χ0n) is 22.8. The maximum atomic E-state index is 13.6. The van der Waals surface area contributed by atoms with Crippen molar-refractivity contribution >= 4 is 58.7 Å². The van der Waals surface area contributed by atoms with Crippen LogP contribution in [0.15, 0.2) is 30.3 Å². The zero-order chi connectivity index (χ0) is 29.4. The van der Waals surface area contributed by atoms with Gasteiger partial charge in [-0.2, -0.15) is 0 Å². The average molecular weight is 608 g/mol. The first-order valence-electron chi connectivity index (χ1n) is 12.7. The second kappa shape index (κ2) is 14.4. The van der Waals surface area contributed by atoms with E-state index in [2.05, 4.69) is 16.1 Å². The van der Waals surface area contributed by atoms with Gasteiger partial charge in [-0.05, 0) is 45.1 Å². The van der Waals surface area contributed by atoms with Crippen LogP contribution in [0.2, 0.25) is 0 Å². The number of alkyl halides is 3. The highest BCUT2D eigenvalue weighted by Crippen LogP contribution is 2.26. The van der Waals surface area contributed by atoms with Gasteiger partial charge in [0.2, 0.25) is 9.70 Å². The molecule has 1 heterocycles. The molecule has 1 fully saturated rings. The molecule has 0 spiro atoms. The summed E-state index contributed by atoms with van der Waals surface area (Å²) in [4.78, 5) is 51.9. The molecule has 0 saturated carbocycles. The molecule has 218 valence electrons. The highest BCUT2D eigenvalue weighted by atomic mass is 35.6. The number of carbonyl (C=O) groups excluding carboxylic acids is 4. The Hall–Kier alpha value is -2.27. The third-order valence-electron chi connectivity index (χ3n) is 5.63. The van der Waals surface area contributed by atoms with E-state index >= 15 is 0 Å². The summed E-state index contributed by atoms with van der Waals surface area (Å²) in [6.07, 6.45) is 0.361. The molecule has 0 aromatic heterocycles. The lowest BCUT2D eigenvalue weighted by Gasteiger charge is -2.35. The molecule has 3 atom stereocenters. The van der Waals surface area contributed by atoms with Gasteiger partial charge in [-0.25, -0.2) is 10.2 Å². The fourth-order valence-corrected chi connectivity index (χ4v) is 4.00. The van der Waals surface area contributed by atoms with Gasteiger partial charge in [0.15, 0.2) is 0 Å². The first-order valence-corrected chi connectivity index (χ1v) is 13.8. The monoisotopic (exact) mass is 606 g/mol. The second-order valence-corrected chi connectivity index (χ2v) is 13.2. The summed E-state index contributed by atoms with van der Waals surface area (Å²) in [5.74, 6) is -1.95. The standard InChI is InChI=1S/C26H37Cl3N4O6/c1-16(2)20(31-24(37)39-25(3,4)5)21(34)30-19(14-17-10-7-6-8-11-17)22(35)33-13-9-12-18(32-33)23(36)38-15-26(27,28)29/h6-8,10-11,16,18-20,32H,9,12-15H2,1-5H3,(H,30,34)(H,31,37)/t18-,19-,20-/m0/s1. The smallest absolute Gasteiger partial charge is 0.408 e. The normalized spacial score (nSPS) is 17.7. The molecule has 0 bridgehead atoms. The molecule has 13 heteroatoms. The Kier molecular flexibility index (Phi) is 12.2. The van der Waals surface area contributed by atoms with Gasteiger partial charge in [-0.3, -0.25) is 19.4 Å². The molecule has 0 radical (unpaired) electrons. The maximum absolute atomic E-state index is 13.6. The lowest BCUT2D eigenvalue weighted by molar-refractivity contribution is -0.153. The van der Waals surface area contributed by atoms with E-state index in [-0.39, 0.29) is 12.3 Å². The number of nitrogens with zero attached hydrogens (tertiary/aromatic N) is 1. The number of hydrogen-bond acceptors (Lipinski definition) is 7. The van der Waals surface area contributed by atoms with Crippen molar-refractivity contribution in [2.75, 3.05) is 13.2 Å². The predicted octanol–water partition coefficient (Wildman–Crippen LogP) is 3.67. The van der Waals surface area contributed by atoms with Crippen molar-refractivity contribution in [3.63, 3.8) is 0 Å². The molecule has 0 unspecified atom stereocenters. The van der Waals surface area contributed by atoms with Crippen LogP contribution in [0.4, 0.5) is 4.79 Å². The summed E-state index contributed by atoms with van der Waals surface area (Å²) in [6, 6.07) is 6.40. The summed E-state index contributed by atoms with van der Waals surface area (Å²) >= 11 is 17.0. The average Bonchev–Trinajstić information content (AvgIpc) is 2.84. The maximum Gasteiger partial charge on any atom is 0.408 e. The van der Waals surface area contributed by atoms with E-state index in [4.69, 9.17) is 44.3 Å². The van der Waals surface area contributed by atoms with E-state index in [1.807, 2.05) is 30.3 Å². The number of alkyl carbamates (subject to hydrolysis) is 1. The first kappa shape index (κ1) is 32.9. The number of nitrogens with one attached hydrogen (secondary N) is 3. The SMILES string of the molecule is CC(C)[C@H](NC(=O)OC(C)(C)C)C(=O)N[C@@H](Cc1ccccc1)C(=O)N1CCC[C@@H](C(=O)OCC(Cl)(Cl)Cl)N1. The van der Waals surface area contributed by atoms with Gasteiger partial charge in [0.25, 0.3) is 5.91 Å². The van der Waals surface area contributed by atoms with E-state index in [0.29, 0.717) is 19.4 Å². The quantitative estimate of drug-likeness (QED) is 0.289. The van der Waals surface area contributed by atoms with Crippen molar-refractivity contribution in [2.24, 2.45) is 5.92 Å². The van der Waals surface area contributed by atoms with Gasteiger partial charge in [0, 0.05) is 13.0 Å². The zero-order valence-corrected chi connectivity index (χ0v) is 25.0. The number of carbonyl (C=O) groups is 4. The fraction of sp³-hybridized carbons (Fsp3) is 0.615. The molecule has 10 nitrogen and oxygen atoms in total. The second-order valence-electron chi connectivity index (χ2n) is 10.7. The predicted molar refractivity (Wildman–Crippen MR) is 149 cm³/mol. The van der Waals surface area contributed by atoms with Crippen LogP contribution in [0.1, 0.15) is 53.0 Å². The molecule has 0 aliphatic carbocycles. The Morgan fingerprint density at radius 1 is 1.08 bits per heavy atom. The highest BCUT2D eigenvalue weighted by Gasteiger charge is 2.36. The molecular formula is C26H37Cl3N4O6. The van der Waals surface area contributed by atoms with Crippen molar-refractivity contribution in [3.8, 4) is 0 Å². The molecule has 1 saturated heterocycles. The fourth-order valence-electron chi connectivity index (χ4n) is 3.84. The molecule has 1 aromatic rings. The Bertz CT molecular complexity index is 998. The third kappa shape index (κ3) is 11.8. The number of hydrogen-bond donors (Lipinski definition) is 3. The van der Waals surface area contributed by atoms with Crippen molar-refractivity contribution in [1.29, 1.82) is 0 Å². The molecule has 1 aromatic carbocycles. The molecule has 2 rings (SSSR count). The van der Waals surface area contributed by atoms with Crippen molar-refractivity contribution in [3.05, 3.63) is 35.9 Å². The van der Waals surface area contributed by atoms with E-state index in [1.54, 1.807) is 34.6 Å². The Morgan fingerprint density at radius 2 is 1.72 bits per heavy atom. The molecule has 3 amide bonds.